The van der Waals surface area contributed by atoms with Crippen molar-refractivity contribution >= 4 is 55.3 Å². The zero-order valence-corrected chi connectivity index (χ0v) is 27.9. The molecule has 0 bridgehead atoms. The first-order valence-electron chi connectivity index (χ1n) is 17.1. The Bertz CT molecular complexity index is 2620. The van der Waals surface area contributed by atoms with Gasteiger partial charge in [0, 0.05) is 33.6 Å². The van der Waals surface area contributed by atoms with Crippen molar-refractivity contribution in [1.82, 2.24) is 0 Å². The standard InChI is InChI=1S/C48H35NO/c1-3-4-25-41-33(2)38-23-13-14-26-42(38)48(41,35-19-7-5-8-20-35)43-27-16-29-45-47(43)40-31-30-37(32-46(40)50-45)49(36-21-9-6-10-22-36)44-28-15-18-34-17-11-12-24-39(34)44/h3-32H,1H2,2H3/b25-4-. The van der Waals surface area contributed by atoms with Crippen molar-refractivity contribution in [1.29, 1.82) is 0 Å². The van der Waals surface area contributed by atoms with Gasteiger partial charge in [0.25, 0.3) is 0 Å². The molecular formula is C48H35NO. The van der Waals surface area contributed by atoms with Crippen molar-refractivity contribution in [2.24, 2.45) is 0 Å². The molecule has 0 saturated carbocycles. The van der Waals surface area contributed by atoms with Crippen LogP contribution in [0, 0.1) is 0 Å². The Morgan fingerprint density at radius 1 is 0.600 bits per heavy atom. The summed E-state index contributed by atoms with van der Waals surface area (Å²) in [6.07, 6.45) is 6.17. The highest BCUT2D eigenvalue weighted by molar-refractivity contribution is 6.10. The minimum Gasteiger partial charge on any atom is -0.456 e. The quantitative estimate of drug-likeness (QED) is 0.161. The van der Waals surface area contributed by atoms with Gasteiger partial charge in [-0.3, -0.25) is 0 Å². The lowest BCUT2D eigenvalue weighted by Gasteiger charge is -2.35. The number of allylic oxidation sites excluding steroid dienone is 5. The van der Waals surface area contributed by atoms with Crippen LogP contribution in [0.25, 0.3) is 38.3 Å². The molecule has 0 fully saturated rings. The van der Waals surface area contributed by atoms with Crippen LogP contribution < -0.4 is 4.90 Å². The van der Waals surface area contributed by atoms with E-state index >= 15 is 0 Å². The molecule has 8 aromatic rings. The van der Waals surface area contributed by atoms with Crippen LogP contribution in [0.3, 0.4) is 0 Å². The average Bonchev–Trinajstić information content (AvgIpc) is 3.67. The Morgan fingerprint density at radius 3 is 2.14 bits per heavy atom. The Kier molecular flexibility index (Phi) is 7.10. The summed E-state index contributed by atoms with van der Waals surface area (Å²) < 4.78 is 6.84. The molecule has 1 aliphatic carbocycles. The van der Waals surface area contributed by atoms with Gasteiger partial charge in [-0.2, -0.15) is 0 Å². The van der Waals surface area contributed by atoms with Crippen molar-refractivity contribution < 1.29 is 4.42 Å². The molecule has 0 amide bonds. The van der Waals surface area contributed by atoms with Crippen LogP contribution in [-0.2, 0) is 5.41 Å². The summed E-state index contributed by atoms with van der Waals surface area (Å²) in [4.78, 5) is 2.33. The maximum Gasteiger partial charge on any atom is 0.137 e. The minimum absolute atomic E-state index is 0.560. The van der Waals surface area contributed by atoms with E-state index in [1.807, 2.05) is 6.08 Å². The molecule has 0 saturated heterocycles. The molecule has 0 spiro atoms. The molecule has 50 heavy (non-hydrogen) atoms. The molecule has 2 heteroatoms. The number of fused-ring (bicyclic) bond motifs is 5. The van der Waals surface area contributed by atoms with Gasteiger partial charge in [0.05, 0.1) is 11.1 Å². The number of hydrogen-bond acceptors (Lipinski definition) is 2. The Labute approximate surface area is 292 Å². The normalized spacial score (nSPS) is 15.7. The number of hydrogen-bond donors (Lipinski definition) is 0. The lowest BCUT2D eigenvalue weighted by atomic mass is 9.65. The average molecular weight is 642 g/mol. The van der Waals surface area contributed by atoms with Crippen molar-refractivity contribution in [2.45, 2.75) is 12.3 Å². The zero-order valence-electron chi connectivity index (χ0n) is 27.9. The van der Waals surface area contributed by atoms with Crippen LogP contribution >= 0.6 is 0 Å². The second kappa shape index (κ2) is 11.9. The molecule has 1 aliphatic rings. The summed E-state index contributed by atoms with van der Waals surface area (Å²) in [6.45, 7) is 6.27. The van der Waals surface area contributed by atoms with E-state index in [9.17, 15) is 0 Å². The summed E-state index contributed by atoms with van der Waals surface area (Å²) in [5.74, 6) is 0. The van der Waals surface area contributed by atoms with Gasteiger partial charge in [-0.1, -0.05) is 146 Å². The van der Waals surface area contributed by atoms with Gasteiger partial charge in [-0.05, 0) is 82.1 Å². The Morgan fingerprint density at radius 2 is 1.30 bits per heavy atom. The van der Waals surface area contributed by atoms with Gasteiger partial charge in [-0.15, -0.1) is 0 Å². The molecule has 7 aromatic carbocycles. The van der Waals surface area contributed by atoms with E-state index in [4.69, 9.17) is 4.42 Å². The molecule has 1 unspecified atom stereocenters. The highest BCUT2D eigenvalue weighted by Crippen LogP contribution is 2.57. The van der Waals surface area contributed by atoms with E-state index in [2.05, 4.69) is 194 Å². The number of anilines is 3. The topological polar surface area (TPSA) is 16.4 Å². The third-order valence-corrected chi connectivity index (χ3v) is 10.3. The molecule has 2 nitrogen and oxygen atoms in total. The number of benzene rings is 7. The summed E-state index contributed by atoms with van der Waals surface area (Å²) in [5, 5.41) is 4.61. The molecule has 238 valence electrons. The highest BCUT2D eigenvalue weighted by Gasteiger charge is 2.47. The maximum absolute atomic E-state index is 6.84. The smallest absolute Gasteiger partial charge is 0.137 e. The van der Waals surface area contributed by atoms with E-state index in [1.165, 1.54) is 44.2 Å². The molecule has 1 heterocycles. The largest absolute Gasteiger partial charge is 0.456 e. The van der Waals surface area contributed by atoms with Crippen molar-refractivity contribution in [3.63, 3.8) is 0 Å². The summed E-state index contributed by atoms with van der Waals surface area (Å²) >= 11 is 0. The third kappa shape index (κ3) is 4.42. The van der Waals surface area contributed by atoms with Crippen LogP contribution in [0.5, 0.6) is 0 Å². The molecule has 9 rings (SSSR count). The van der Waals surface area contributed by atoms with Crippen LogP contribution in [0.15, 0.2) is 199 Å². The number of nitrogens with zero attached hydrogens (tertiary/aromatic N) is 1. The SMILES string of the molecule is C=C/C=C\C1=C(C)c2ccccc2C1(c1ccccc1)c1cccc2oc3cc(N(c4ccccc4)c4cccc5ccccc45)ccc3c12. The predicted molar refractivity (Wildman–Crippen MR) is 211 cm³/mol. The van der Waals surface area contributed by atoms with Crippen LogP contribution in [0.4, 0.5) is 17.1 Å². The number of rotatable bonds is 7. The summed E-state index contributed by atoms with van der Waals surface area (Å²) in [5.41, 5.74) is 11.9. The van der Waals surface area contributed by atoms with E-state index in [1.54, 1.807) is 0 Å². The van der Waals surface area contributed by atoms with Crippen molar-refractivity contribution in [2.75, 3.05) is 4.90 Å². The molecular weight excluding hydrogens is 607 g/mol. The van der Waals surface area contributed by atoms with Crippen LogP contribution in [0.1, 0.15) is 29.2 Å². The van der Waals surface area contributed by atoms with Crippen molar-refractivity contribution in [3.05, 3.63) is 216 Å². The molecule has 1 aromatic heterocycles. The van der Waals surface area contributed by atoms with E-state index in [0.717, 1.165) is 39.0 Å². The highest BCUT2D eigenvalue weighted by atomic mass is 16.3. The van der Waals surface area contributed by atoms with Crippen molar-refractivity contribution in [3.8, 4) is 0 Å². The minimum atomic E-state index is -0.560. The first-order chi connectivity index (χ1) is 24.7. The van der Waals surface area contributed by atoms with Gasteiger partial charge >= 0.3 is 0 Å². The fraction of sp³-hybridized carbons (Fsp3) is 0.0417. The first kappa shape index (κ1) is 29.7. The second-order valence-corrected chi connectivity index (χ2v) is 12.9. The van der Waals surface area contributed by atoms with Crippen LogP contribution in [-0.4, -0.2) is 0 Å². The first-order valence-corrected chi connectivity index (χ1v) is 17.1. The molecule has 0 aliphatic heterocycles. The number of furan rings is 1. The fourth-order valence-corrected chi connectivity index (χ4v) is 8.24. The summed E-state index contributed by atoms with van der Waals surface area (Å²) in [7, 11) is 0. The van der Waals surface area contributed by atoms with Crippen LogP contribution in [0.2, 0.25) is 0 Å². The van der Waals surface area contributed by atoms with E-state index in [-0.39, 0.29) is 0 Å². The van der Waals surface area contributed by atoms with E-state index < -0.39 is 5.41 Å². The monoisotopic (exact) mass is 641 g/mol. The van der Waals surface area contributed by atoms with E-state index in [0.29, 0.717) is 0 Å². The lowest BCUT2D eigenvalue weighted by molar-refractivity contribution is 0.667. The van der Waals surface area contributed by atoms with Gasteiger partial charge in [0.15, 0.2) is 0 Å². The Hall–Kier alpha value is -6.38. The number of para-hydroxylation sites is 1. The van der Waals surface area contributed by atoms with Gasteiger partial charge < -0.3 is 9.32 Å². The third-order valence-electron chi connectivity index (χ3n) is 10.3. The second-order valence-electron chi connectivity index (χ2n) is 12.9. The summed E-state index contributed by atoms with van der Waals surface area (Å²) in [6, 6.07) is 58.6. The zero-order chi connectivity index (χ0) is 33.7. The predicted octanol–water partition coefficient (Wildman–Crippen LogP) is 13.1. The molecule has 0 radical (unpaired) electrons. The lowest BCUT2D eigenvalue weighted by Crippen LogP contribution is -2.29. The van der Waals surface area contributed by atoms with Gasteiger partial charge in [0.2, 0.25) is 0 Å². The molecule has 1 atom stereocenters. The molecule has 0 N–H and O–H groups in total. The maximum atomic E-state index is 6.84. The van der Waals surface area contributed by atoms with Gasteiger partial charge in [0.1, 0.15) is 11.2 Å². The fourth-order valence-electron chi connectivity index (χ4n) is 8.24. The van der Waals surface area contributed by atoms with Gasteiger partial charge in [-0.25, -0.2) is 0 Å². The Balaban J connectivity index is 1.32.